The van der Waals surface area contributed by atoms with Gasteiger partial charge in [-0.2, -0.15) is 0 Å². The molecule has 1 aliphatic rings. The average molecular weight is 527 g/mol. The van der Waals surface area contributed by atoms with E-state index in [1.165, 1.54) is 29.4 Å². The maximum Gasteiger partial charge on any atom is 0.331 e. The molecule has 37 heavy (non-hydrogen) atoms. The number of aliphatic carboxylic acids is 1. The van der Waals surface area contributed by atoms with Gasteiger partial charge in [0.05, 0.1) is 11.8 Å². The number of carbonyl (C=O) groups excluding carboxylic acids is 1. The minimum Gasteiger partial charge on any atom is -0.478 e. The summed E-state index contributed by atoms with van der Waals surface area (Å²) in [4.78, 5) is 29.4. The lowest BCUT2D eigenvalue weighted by Gasteiger charge is -2.19. The summed E-state index contributed by atoms with van der Waals surface area (Å²) < 4.78 is 34.7. The molecular weight excluding hydrogens is 498 g/mol. The number of hydrogen-bond donors (Lipinski definition) is 2. The Morgan fingerprint density at radius 2 is 1.95 bits per heavy atom. The first-order valence-electron chi connectivity index (χ1n) is 12.1. The summed E-state index contributed by atoms with van der Waals surface area (Å²) in [6.07, 6.45) is 4.61. The van der Waals surface area contributed by atoms with Gasteiger partial charge in [-0.3, -0.25) is 10.1 Å². The maximum absolute atomic E-state index is 14.5. The Morgan fingerprint density at radius 3 is 2.62 bits per heavy atom. The lowest BCUT2D eigenvalue weighted by atomic mass is 9.88. The highest BCUT2D eigenvalue weighted by atomic mass is 32.1. The summed E-state index contributed by atoms with van der Waals surface area (Å²) in [5.74, 6) is -4.04. The first-order valence-corrected chi connectivity index (χ1v) is 12.9. The van der Waals surface area contributed by atoms with Gasteiger partial charge < -0.3 is 9.84 Å². The van der Waals surface area contributed by atoms with Crippen LogP contribution in [0.25, 0.3) is 17.3 Å². The fraction of sp³-hybridized carbons (Fsp3) is 0.321. The summed E-state index contributed by atoms with van der Waals surface area (Å²) in [6.45, 7) is 5.98. The number of hydrogen-bond acceptors (Lipinski definition) is 5. The zero-order valence-corrected chi connectivity index (χ0v) is 21.7. The Balaban J connectivity index is 1.52. The first-order chi connectivity index (χ1) is 17.6. The SMILES string of the molecule is C/C(=C\c1c(F)cc(C(=O)Nc2nc3c(s2)CCc2c(CCCOC(C)C)cccc2-3)cc1F)C(=O)O. The van der Waals surface area contributed by atoms with Crippen LogP contribution in [0.4, 0.5) is 13.9 Å². The first kappa shape index (κ1) is 26.6. The zero-order valence-electron chi connectivity index (χ0n) is 20.9. The summed E-state index contributed by atoms with van der Waals surface area (Å²) in [5, 5.41) is 12.0. The van der Waals surface area contributed by atoms with E-state index in [4.69, 9.17) is 9.84 Å². The fourth-order valence-electron chi connectivity index (χ4n) is 4.29. The largest absolute Gasteiger partial charge is 0.478 e. The van der Waals surface area contributed by atoms with Crippen LogP contribution in [-0.2, 0) is 28.8 Å². The predicted octanol–water partition coefficient (Wildman–Crippen LogP) is 6.28. The van der Waals surface area contributed by atoms with Gasteiger partial charge in [-0.1, -0.05) is 18.2 Å². The quantitative estimate of drug-likeness (QED) is 0.253. The minimum absolute atomic E-state index is 0.208. The van der Waals surface area contributed by atoms with E-state index in [2.05, 4.69) is 16.4 Å². The van der Waals surface area contributed by atoms with Gasteiger partial charge in [0.2, 0.25) is 0 Å². The van der Waals surface area contributed by atoms with E-state index in [9.17, 15) is 18.4 Å². The molecule has 4 rings (SSSR count). The van der Waals surface area contributed by atoms with Crippen LogP contribution in [0, 0.1) is 11.6 Å². The molecule has 9 heteroatoms. The Bertz CT molecular complexity index is 1360. The molecule has 1 amide bonds. The number of aromatic nitrogens is 1. The summed E-state index contributed by atoms with van der Waals surface area (Å²) in [5.41, 5.74) is 3.44. The van der Waals surface area contributed by atoms with Crippen molar-refractivity contribution in [3.63, 3.8) is 0 Å². The summed E-state index contributed by atoms with van der Waals surface area (Å²) >= 11 is 1.35. The van der Waals surface area contributed by atoms with E-state index in [0.717, 1.165) is 60.0 Å². The Morgan fingerprint density at radius 1 is 1.22 bits per heavy atom. The smallest absolute Gasteiger partial charge is 0.331 e. The highest BCUT2D eigenvalue weighted by Gasteiger charge is 2.24. The van der Waals surface area contributed by atoms with E-state index < -0.39 is 29.1 Å². The molecule has 0 atom stereocenters. The molecule has 2 aromatic carbocycles. The van der Waals surface area contributed by atoms with Gasteiger partial charge in [0, 0.05) is 33.7 Å². The second kappa shape index (κ2) is 11.3. The lowest BCUT2D eigenvalue weighted by molar-refractivity contribution is -0.132. The van der Waals surface area contributed by atoms with Crippen LogP contribution >= 0.6 is 11.3 Å². The molecule has 194 valence electrons. The fourth-order valence-corrected chi connectivity index (χ4v) is 5.26. The van der Waals surface area contributed by atoms with Crippen LogP contribution in [0.2, 0.25) is 0 Å². The van der Waals surface area contributed by atoms with Crippen molar-refractivity contribution in [2.45, 2.75) is 52.6 Å². The molecule has 0 fully saturated rings. The topological polar surface area (TPSA) is 88.5 Å². The minimum atomic E-state index is -1.29. The van der Waals surface area contributed by atoms with Crippen molar-refractivity contribution in [1.29, 1.82) is 0 Å². The second-order valence-electron chi connectivity index (χ2n) is 9.20. The summed E-state index contributed by atoms with van der Waals surface area (Å²) in [6, 6.07) is 7.95. The van der Waals surface area contributed by atoms with Crippen molar-refractivity contribution in [3.8, 4) is 11.3 Å². The van der Waals surface area contributed by atoms with E-state index in [-0.39, 0.29) is 17.2 Å². The molecule has 3 aromatic rings. The number of halogens is 2. The number of nitrogens with zero attached hydrogens (tertiary/aromatic N) is 1. The van der Waals surface area contributed by atoms with Crippen LogP contribution in [0.5, 0.6) is 0 Å². The third-order valence-corrected chi connectivity index (χ3v) is 7.16. The van der Waals surface area contributed by atoms with Crippen LogP contribution in [0.3, 0.4) is 0 Å². The van der Waals surface area contributed by atoms with Crippen molar-refractivity contribution in [1.82, 2.24) is 4.98 Å². The Kier molecular flexibility index (Phi) is 8.14. The second-order valence-corrected chi connectivity index (χ2v) is 10.3. The van der Waals surface area contributed by atoms with Gasteiger partial charge in [0.25, 0.3) is 5.91 Å². The molecule has 0 saturated heterocycles. The van der Waals surface area contributed by atoms with Gasteiger partial charge in [-0.25, -0.2) is 18.6 Å². The molecule has 0 radical (unpaired) electrons. The van der Waals surface area contributed by atoms with Crippen molar-refractivity contribution in [3.05, 3.63) is 74.7 Å². The zero-order chi connectivity index (χ0) is 26.7. The monoisotopic (exact) mass is 526 g/mol. The third-order valence-electron chi connectivity index (χ3n) is 6.13. The number of thiazole rings is 1. The molecule has 6 nitrogen and oxygen atoms in total. The number of ether oxygens (including phenoxy) is 1. The number of benzene rings is 2. The molecule has 0 bridgehead atoms. The predicted molar refractivity (Wildman–Crippen MR) is 140 cm³/mol. The molecule has 0 unspecified atom stereocenters. The highest BCUT2D eigenvalue weighted by molar-refractivity contribution is 7.16. The number of nitrogens with one attached hydrogen (secondary N) is 1. The number of carboxylic acids is 1. The van der Waals surface area contributed by atoms with Gasteiger partial charge in [-0.05, 0) is 75.8 Å². The average Bonchev–Trinajstić information content (AvgIpc) is 3.26. The van der Waals surface area contributed by atoms with Crippen molar-refractivity contribution in [2.24, 2.45) is 0 Å². The molecule has 0 saturated carbocycles. The number of aryl methyl sites for hydroxylation is 2. The lowest BCUT2D eigenvalue weighted by Crippen LogP contribution is -2.13. The van der Waals surface area contributed by atoms with Gasteiger partial charge in [0.1, 0.15) is 11.6 Å². The molecular formula is C28H28F2N2O4S. The van der Waals surface area contributed by atoms with Crippen LogP contribution in [-0.4, -0.2) is 34.7 Å². The number of carbonyl (C=O) groups is 2. The standard InChI is InChI=1S/C28H28F2N2O4S/c1-15(2)36-11-5-7-17-6-4-8-20-19(17)9-10-24-25(20)31-28(37-24)32-26(33)18-13-22(29)21(23(30)14-18)12-16(3)27(34)35/h4,6,8,12-15H,5,7,9-11H2,1-3H3,(H,34,35)(H,31,32,33)/b16-12+. The van der Waals surface area contributed by atoms with Gasteiger partial charge in [-0.15, -0.1) is 11.3 Å². The summed E-state index contributed by atoms with van der Waals surface area (Å²) in [7, 11) is 0. The van der Waals surface area contributed by atoms with Crippen molar-refractivity contribution in [2.75, 3.05) is 11.9 Å². The van der Waals surface area contributed by atoms with E-state index >= 15 is 0 Å². The Labute approximate surface area is 218 Å². The number of fused-ring (bicyclic) bond motifs is 3. The molecule has 0 aliphatic heterocycles. The van der Waals surface area contributed by atoms with Crippen LogP contribution < -0.4 is 5.32 Å². The Hall–Kier alpha value is -3.43. The normalized spacial score (nSPS) is 12.9. The molecule has 1 heterocycles. The maximum atomic E-state index is 14.5. The third kappa shape index (κ3) is 6.11. The number of amides is 1. The highest BCUT2D eigenvalue weighted by Crippen LogP contribution is 2.39. The molecule has 1 aliphatic carbocycles. The van der Waals surface area contributed by atoms with E-state index in [0.29, 0.717) is 11.7 Å². The van der Waals surface area contributed by atoms with Gasteiger partial charge in [0.15, 0.2) is 5.13 Å². The van der Waals surface area contributed by atoms with E-state index in [1.807, 2.05) is 26.0 Å². The van der Waals surface area contributed by atoms with Crippen molar-refractivity contribution < 1.29 is 28.2 Å². The number of anilines is 1. The van der Waals surface area contributed by atoms with Crippen LogP contribution in [0.15, 0.2) is 35.9 Å². The molecule has 2 N–H and O–H groups in total. The van der Waals surface area contributed by atoms with Gasteiger partial charge >= 0.3 is 5.97 Å². The number of rotatable bonds is 9. The number of carboxylic acid groups (broad SMARTS) is 1. The van der Waals surface area contributed by atoms with E-state index in [1.54, 1.807) is 0 Å². The van der Waals surface area contributed by atoms with Crippen molar-refractivity contribution >= 4 is 34.4 Å². The molecule has 1 aromatic heterocycles. The molecule has 0 spiro atoms. The van der Waals surface area contributed by atoms with Crippen LogP contribution in [0.1, 0.15) is 59.1 Å².